The zero-order valence-electron chi connectivity index (χ0n) is 24.0. The van der Waals surface area contributed by atoms with Crippen LogP contribution in [0.3, 0.4) is 0 Å². The maximum Gasteiger partial charge on any atom is 0.123 e. The Kier molecular flexibility index (Phi) is 18.9. The summed E-state index contributed by atoms with van der Waals surface area (Å²) in [7, 11) is 0. The predicted molar refractivity (Wildman–Crippen MR) is 165 cm³/mol. The molecule has 1 aliphatic rings. The van der Waals surface area contributed by atoms with Gasteiger partial charge in [0.2, 0.25) is 0 Å². The second kappa shape index (κ2) is 22.8. The van der Waals surface area contributed by atoms with Crippen LogP contribution in [0, 0.1) is 0 Å². The van der Waals surface area contributed by atoms with Gasteiger partial charge in [-0.2, -0.15) is 0 Å². The lowest BCUT2D eigenvalue weighted by atomic mass is 10.2. The monoisotopic (exact) mass is 720 g/mol. The largest absolute Gasteiger partial charge is 0.491 e. The van der Waals surface area contributed by atoms with Crippen molar-refractivity contribution in [2.75, 3.05) is 106 Å². The molecule has 0 atom stereocenters. The molecule has 0 unspecified atom stereocenters. The Morgan fingerprint density at radius 2 is 0.548 bits per heavy atom. The average molecular weight is 722 g/mol. The van der Waals surface area contributed by atoms with E-state index in [-0.39, 0.29) is 0 Å². The molecule has 0 saturated carbocycles. The molecular weight excluding hydrogens is 680 g/mol. The van der Waals surface area contributed by atoms with Gasteiger partial charge < -0.3 is 47.4 Å². The molecule has 42 heavy (non-hydrogen) atoms. The predicted octanol–water partition coefficient (Wildman–Crippen LogP) is 4.81. The van der Waals surface area contributed by atoms with Crippen LogP contribution < -0.4 is 18.9 Å². The van der Waals surface area contributed by atoms with Crippen LogP contribution in [-0.4, -0.2) is 106 Å². The summed E-state index contributed by atoms with van der Waals surface area (Å²) < 4.78 is 57.0. The summed E-state index contributed by atoms with van der Waals surface area (Å²) in [5.41, 5.74) is 2.12. The maximum atomic E-state index is 5.86. The third-order valence-electron chi connectivity index (χ3n) is 5.66. The van der Waals surface area contributed by atoms with Crippen LogP contribution in [0.15, 0.2) is 36.4 Å². The third-order valence-corrected chi connectivity index (χ3v) is 6.96. The van der Waals surface area contributed by atoms with Gasteiger partial charge in [0.25, 0.3) is 0 Å². The minimum atomic E-state index is 0.425. The number of rotatable bonds is 2. The first-order valence-corrected chi connectivity index (χ1v) is 16.4. The number of fused-ring (bicyclic) bond motifs is 4. The fourth-order valence-electron chi connectivity index (χ4n) is 3.71. The molecule has 4 bridgehead atoms. The van der Waals surface area contributed by atoms with Crippen molar-refractivity contribution in [3.8, 4) is 23.0 Å². The van der Waals surface area contributed by atoms with E-state index in [1.54, 1.807) is 0 Å². The standard InChI is InChI=1S/C30H42Br2O10/c31-23-25-17-27-21-28(18-25)41-15-11-37-7-3-34-4-8-38-12-16-42-30-20-26(24-32)19-29(22-30)40-14-10-36-6-2-33-1-5-35-9-13-39-27/h17-22H,1-16,23-24H2. The lowest BCUT2D eigenvalue weighted by Crippen LogP contribution is -2.15. The fourth-order valence-corrected chi connectivity index (χ4v) is 4.35. The molecule has 0 saturated heterocycles. The van der Waals surface area contributed by atoms with Gasteiger partial charge in [0.1, 0.15) is 49.4 Å². The summed E-state index contributed by atoms with van der Waals surface area (Å²) in [6.45, 7) is 7.38. The van der Waals surface area contributed by atoms with Crippen molar-refractivity contribution < 1.29 is 47.4 Å². The summed E-state index contributed by atoms with van der Waals surface area (Å²) in [6, 6.07) is 11.6. The van der Waals surface area contributed by atoms with Crippen LogP contribution in [-0.2, 0) is 39.1 Å². The van der Waals surface area contributed by atoms with Crippen LogP contribution in [0.2, 0.25) is 0 Å². The van der Waals surface area contributed by atoms with Crippen LogP contribution in [0.4, 0.5) is 0 Å². The lowest BCUT2D eigenvalue weighted by molar-refractivity contribution is 0.00433. The number of hydrogen-bond acceptors (Lipinski definition) is 10. The molecule has 0 aromatic heterocycles. The quantitative estimate of drug-likeness (QED) is 0.403. The van der Waals surface area contributed by atoms with E-state index < -0.39 is 0 Å². The summed E-state index contributed by atoms with van der Waals surface area (Å²) in [5.74, 6) is 2.92. The molecule has 0 aliphatic carbocycles. The summed E-state index contributed by atoms with van der Waals surface area (Å²) in [6.07, 6.45) is 0. The Balaban J connectivity index is 1.41. The average Bonchev–Trinajstić information content (AvgIpc) is 3.01. The van der Waals surface area contributed by atoms with E-state index in [4.69, 9.17) is 47.4 Å². The second-order valence-corrected chi connectivity index (χ2v) is 10.1. The van der Waals surface area contributed by atoms with Crippen LogP contribution >= 0.6 is 31.9 Å². The minimum absolute atomic E-state index is 0.425. The highest BCUT2D eigenvalue weighted by Gasteiger charge is 2.06. The lowest BCUT2D eigenvalue weighted by Gasteiger charge is -2.13. The maximum absolute atomic E-state index is 5.86. The molecule has 0 radical (unpaired) electrons. The van der Waals surface area contributed by atoms with Gasteiger partial charge in [0, 0.05) is 22.8 Å². The van der Waals surface area contributed by atoms with Crippen molar-refractivity contribution in [1.29, 1.82) is 0 Å². The highest BCUT2D eigenvalue weighted by molar-refractivity contribution is 9.08. The third kappa shape index (κ3) is 15.7. The molecule has 236 valence electrons. The first-order chi connectivity index (χ1) is 20.8. The highest BCUT2D eigenvalue weighted by Crippen LogP contribution is 2.25. The highest BCUT2D eigenvalue weighted by atomic mass is 79.9. The van der Waals surface area contributed by atoms with Crippen molar-refractivity contribution in [3.05, 3.63) is 47.5 Å². The summed E-state index contributed by atoms with van der Waals surface area (Å²) in [4.78, 5) is 0. The van der Waals surface area contributed by atoms with E-state index in [1.807, 2.05) is 36.4 Å². The Hall–Kier alpha value is -1.64. The number of hydrogen-bond donors (Lipinski definition) is 0. The Morgan fingerprint density at radius 1 is 0.333 bits per heavy atom. The molecule has 10 nitrogen and oxygen atoms in total. The molecular formula is C30H42Br2O10. The van der Waals surface area contributed by atoms with Crippen molar-refractivity contribution in [2.24, 2.45) is 0 Å². The molecule has 1 heterocycles. The van der Waals surface area contributed by atoms with Crippen LogP contribution in [0.1, 0.15) is 11.1 Å². The van der Waals surface area contributed by atoms with E-state index in [9.17, 15) is 0 Å². The molecule has 12 heteroatoms. The van der Waals surface area contributed by atoms with E-state index in [0.717, 1.165) is 34.1 Å². The molecule has 0 fully saturated rings. The Bertz CT molecular complexity index is 839. The van der Waals surface area contributed by atoms with Crippen molar-refractivity contribution in [2.45, 2.75) is 10.7 Å². The van der Waals surface area contributed by atoms with Gasteiger partial charge in [-0.1, -0.05) is 31.9 Å². The number of alkyl halides is 2. The van der Waals surface area contributed by atoms with Crippen LogP contribution in [0.25, 0.3) is 0 Å². The van der Waals surface area contributed by atoms with E-state index in [1.165, 1.54) is 0 Å². The first-order valence-electron chi connectivity index (χ1n) is 14.1. The van der Waals surface area contributed by atoms with Crippen molar-refractivity contribution in [1.82, 2.24) is 0 Å². The van der Waals surface area contributed by atoms with Gasteiger partial charge in [0.05, 0.1) is 79.3 Å². The molecule has 0 amide bonds. The Morgan fingerprint density at radius 3 is 0.762 bits per heavy atom. The minimum Gasteiger partial charge on any atom is -0.491 e. The smallest absolute Gasteiger partial charge is 0.123 e. The molecule has 3 rings (SSSR count). The summed E-state index contributed by atoms with van der Waals surface area (Å²) >= 11 is 7.00. The first kappa shape index (κ1) is 34.8. The normalized spacial score (nSPS) is 18.5. The van der Waals surface area contributed by atoms with Gasteiger partial charge in [-0.05, 0) is 35.4 Å². The molecule has 2 aromatic carbocycles. The topological polar surface area (TPSA) is 92.3 Å². The number of benzene rings is 2. The molecule has 2 aromatic rings. The van der Waals surface area contributed by atoms with Crippen molar-refractivity contribution in [3.63, 3.8) is 0 Å². The number of halogens is 2. The Labute approximate surface area is 265 Å². The molecule has 1 aliphatic heterocycles. The molecule has 0 spiro atoms. The van der Waals surface area contributed by atoms with Crippen LogP contribution in [0.5, 0.6) is 23.0 Å². The van der Waals surface area contributed by atoms with Crippen molar-refractivity contribution >= 4 is 31.9 Å². The molecule has 0 N–H and O–H groups in total. The van der Waals surface area contributed by atoms with Gasteiger partial charge >= 0.3 is 0 Å². The van der Waals surface area contributed by atoms with Gasteiger partial charge in [-0.3, -0.25) is 0 Å². The zero-order chi connectivity index (χ0) is 29.5. The van der Waals surface area contributed by atoms with Gasteiger partial charge in [0.15, 0.2) is 0 Å². The van der Waals surface area contributed by atoms with E-state index in [0.29, 0.717) is 116 Å². The number of ether oxygens (including phenoxy) is 10. The van der Waals surface area contributed by atoms with Gasteiger partial charge in [-0.15, -0.1) is 0 Å². The van der Waals surface area contributed by atoms with E-state index in [2.05, 4.69) is 31.9 Å². The zero-order valence-corrected chi connectivity index (χ0v) is 27.2. The van der Waals surface area contributed by atoms with E-state index >= 15 is 0 Å². The fraction of sp³-hybridized carbons (Fsp3) is 0.600. The van der Waals surface area contributed by atoms with Gasteiger partial charge in [-0.25, -0.2) is 0 Å². The summed E-state index contributed by atoms with van der Waals surface area (Å²) in [5, 5.41) is 1.39. The second-order valence-electron chi connectivity index (χ2n) is 8.96. The SMILES string of the molecule is BrCc1cc2cc(c1)OCCOCCOCCOCCOc1cc(CBr)cc(c1)OCCOCCOCCOCCO2.